The van der Waals surface area contributed by atoms with Crippen molar-refractivity contribution in [3.05, 3.63) is 76.4 Å². The van der Waals surface area contributed by atoms with E-state index in [9.17, 15) is 14.3 Å². The minimum Gasteiger partial charge on any atom is -0.502 e. The predicted molar refractivity (Wildman–Crippen MR) is 123 cm³/mol. The van der Waals surface area contributed by atoms with Gasteiger partial charge in [0.1, 0.15) is 5.82 Å². The summed E-state index contributed by atoms with van der Waals surface area (Å²) in [6, 6.07) is 9.77. The van der Waals surface area contributed by atoms with Crippen molar-refractivity contribution in [2.45, 2.75) is 13.3 Å². The van der Waals surface area contributed by atoms with Crippen LogP contribution in [0.4, 0.5) is 4.39 Å². The minimum absolute atomic E-state index is 0.0797. The standard InChI is InChI=1S/C25H24FN3O4/c1-14-19(8-15-9-22(32-2)25(31)23(10-15)33-3)18-5-4-16(26)11-20(18)21(14)13-27-24(30)12-17-6-7-28-29-17/h4-11,31H,12-13H2,1-3H3,(H,27,30)(H,28,29). The van der Waals surface area contributed by atoms with Crippen LogP contribution >= 0.6 is 0 Å². The van der Waals surface area contributed by atoms with Crippen molar-refractivity contribution in [2.75, 3.05) is 20.8 Å². The molecule has 7 nitrogen and oxygen atoms in total. The number of ether oxygens (including phenoxy) is 2. The van der Waals surface area contributed by atoms with Crippen LogP contribution in [0.5, 0.6) is 17.2 Å². The number of hydrogen-bond donors (Lipinski definition) is 3. The molecule has 0 unspecified atom stereocenters. The zero-order valence-electron chi connectivity index (χ0n) is 18.5. The molecule has 1 aliphatic rings. The number of nitrogens with one attached hydrogen (secondary N) is 2. The third-order valence-corrected chi connectivity index (χ3v) is 5.64. The van der Waals surface area contributed by atoms with Gasteiger partial charge in [0.15, 0.2) is 11.5 Å². The molecule has 0 bridgehead atoms. The molecule has 0 saturated heterocycles. The van der Waals surface area contributed by atoms with E-state index in [1.165, 1.54) is 26.4 Å². The van der Waals surface area contributed by atoms with Crippen LogP contribution in [-0.2, 0) is 11.2 Å². The van der Waals surface area contributed by atoms with E-state index in [1.54, 1.807) is 30.5 Å². The number of amides is 1. The van der Waals surface area contributed by atoms with Gasteiger partial charge in [0, 0.05) is 18.4 Å². The number of carbonyl (C=O) groups is 1. The normalized spacial score (nSPS) is 13.9. The molecule has 3 N–H and O–H groups in total. The van der Waals surface area contributed by atoms with Crippen LogP contribution in [0.1, 0.15) is 29.3 Å². The summed E-state index contributed by atoms with van der Waals surface area (Å²) in [4.78, 5) is 12.4. The van der Waals surface area contributed by atoms with Gasteiger partial charge in [-0.1, -0.05) is 6.07 Å². The van der Waals surface area contributed by atoms with Crippen LogP contribution in [0.2, 0.25) is 0 Å². The fraction of sp³-hybridized carbons (Fsp3) is 0.200. The number of rotatable bonds is 7. The number of aromatic amines is 1. The highest BCUT2D eigenvalue weighted by atomic mass is 19.1. The molecule has 3 aromatic rings. The second kappa shape index (κ2) is 9.20. The molecule has 0 spiro atoms. The van der Waals surface area contributed by atoms with E-state index in [0.717, 1.165) is 33.4 Å². The molecular weight excluding hydrogens is 425 g/mol. The minimum atomic E-state index is -0.350. The van der Waals surface area contributed by atoms with Gasteiger partial charge in [-0.15, -0.1) is 0 Å². The lowest BCUT2D eigenvalue weighted by Gasteiger charge is -2.11. The SMILES string of the molecule is COc1cc(C=C2C(C)=C(CNC(=O)Cc3ccn[nH]3)c3cc(F)ccc32)cc(OC)c1O. The number of carbonyl (C=O) groups excluding carboxylic acids is 1. The van der Waals surface area contributed by atoms with E-state index in [0.29, 0.717) is 5.69 Å². The number of aromatic hydroxyl groups is 1. The molecule has 0 saturated carbocycles. The van der Waals surface area contributed by atoms with E-state index in [-0.39, 0.29) is 41.9 Å². The largest absolute Gasteiger partial charge is 0.502 e. The van der Waals surface area contributed by atoms with Crippen LogP contribution in [-0.4, -0.2) is 42.0 Å². The summed E-state index contributed by atoms with van der Waals surface area (Å²) >= 11 is 0. The van der Waals surface area contributed by atoms with Crippen LogP contribution < -0.4 is 14.8 Å². The van der Waals surface area contributed by atoms with E-state index in [2.05, 4.69) is 15.5 Å². The molecule has 33 heavy (non-hydrogen) atoms. The molecule has 4 rings (SSSR count). The number of phenols is 1. The number of nitrogens with zero attached hydrogens (tertiary/aromatic N) is 1. The van der Waals surface area contributed by atoms with Crippen molar-refractivity contribution in [2.24, 2.45) is 0 Å². The second-order valence-electron chi connectivity index (χ2n) is 7.66. The highest BCUT2D eigenvalue weighted by molar-refractivity contribution is 6.06. The van der Waals surface area contributed by atoms with Crippen molar-refractivity contribution in [1.82, 2.24) is 15.5 Å². The quantitative estimate of drug-likeness (QED) is 0.507. The summed E-state index contributed by atoms with van der Waals surface area (Å²) in [5, 5.41) is 19.7. The Bertz CT molecular complexity index is 1240. The van der Waals surface area contributed by atoms with E-state index in [4.69, 9.17) is 9.47 Å². The number of allylic oxidation sites excluding steroid dienone is 2. The Labute approximate surface area is 190 Å². The van der Waals surface area contributed by atoms with Crippen molar-refractivity contribution >= 4 is 23.1 Å². The Kier molecular flexibility index (Phi) is 6.17. The molecule has 0 fully saturated rings. The first-order valence-corrected chi connectivity index (χ1v) is 10.3. The van der Waals surface area contributed by atoms with Crippen LogP contribution in [0, 0.1) is 5.82 Å². The van der Waals surface area contributed by atoms with Crippen LogP contribution in [0.3, 0.4) is 0 Å². The van der Waals surface area contributed by atoms with E-state index in [1.807, 2.05) is 13.0 Å². The summed E-state index contributed by atoms with van der Waals surface area (Å²) in [5.41, 5.74) is 5.70. The molecule has 170 valence electrons. The number of benzene rings is 2. The van der Waals surface area contributed by atoms with Crippen LogP contribution in [0.15, 0.2) is 48.2 Å². The molecule has 1 aliphatic carbocycles. The Morgan fingerprint density at radius 1 is 1.15 bits per heavy atom. The van der Waals surface area contributed by atoms with Gasteiger partial charge in [0.2, 0.25) is 11.7 Å². The Morgan fingerprint density at radius 3 is 2.52 bits per heavy atom. The Hall–Kier alpha value is -4.07. The Morgan fingerprint density at radius 2 is 1.88 bits per heavy atom. The summed E-state index contributed by atoms with van der Waals surface area (Å²) in [5.74, 6) is -0.0260. The lowest BCUT2D eigenvalue weighted by atomic mass is 10.00. The molecule has 8 heteroatoms. The topological polar surface area (TPSA) is 96.5 Å². The maximum absolute atomic E-state index is 14.1. The van der Waals surface area contributed by atoms with Crippen molar-refractivity contribution in [1.29, 1.82) is 0 Å². The number of H-pyrrole nitrogens is 1. The first kappa shape index (κ1) is 22.1. The number of fused-ring (bicyclic) bond motifs is 1. The maximum atomic E-state index is 14.1. The van der Waals surface area contributed by atoms with E-state index < -0.39 is 0 Å². The fourth-order valence-electron chi connectivity index (χ4n) is 3.95. The summed E-state index contributed by atoms with van der Waals surface area (Å²) in [6.07, 6.45) is 3.70. The first-order valence-electron chi connectivity index (χ1n) is 10.3. The summed E-state index contributed by atoms with van der Waals surface area (Å²) in [7, 11) is 2.93. The zero-order chi connectivity index (χ0) is 23.5. The first-order chi connectivity index (χ1) is 15.9. The highest BCUT2D eigenvalue weighted by Gasteiger charge is 2.25. The fourth-order valence-corrected chi connectivity index (χ4v) is 3.95. The zero-order valence-corrected chi connectivity index (χ0v) is 18.5. The van der Waals surface area contributed by atoms with Gasteiger partial charge in [0.05, 0.1) is 20.6 Å². The molecule has 0 aliphatic heterocycles. The summed E-state index contributed by atoms with van der Waals surface area (Å²) < 4.78 is 24.6. The average molecular weight is 449 g/mol. The lowest BCUT2D eigenvalue weighted by Crippen LogP contribution is -2.27. The Balaban J connectivity index is 1.69. The maximum Gasteiger partial charge on any atom is 0.226 e. The van der Waals surface area contributed by atoms with Crippen molar-refractivity contribution in [3.63, 3.8) is 0 Å². The molecule has 1 aromatic heterocycles. The average Bonchev–Trinajstić information content (AvgIpc) is 3.39. The second-order valence-corrected chi connectivity index (χ2v) is 7.66. The van der Waals surface area contributed by atoms with Gasteiger partial charge in [-0.25, -0.2) is 4.39 Å². The van der Waals surface area contributed by atoms with Crippen LogP contribution in [0.25, 0.3) is 17.2 Å². The van der Waals surface area contributed by atoms with Gasteiger partial charge in [-0.05, 0) is 76.7 Å². The molecular formula is C25H24FN3O4. The van der Waals surface area contributed by atoms with Gasteiger partial charge >= 0.3 is 0 Å². The molecule has 2 aromatic carbocycles. The third kappa shape index (κ3) is 4.45. The third-order valence-electron chi connectivity index (χ3n) is 5.64. The monoisotopic (exact) mass is 449 g/mol. The number of halogens is 1. The highest BCUT2D eigenvalue weighted by Crippen LogP contribution is 2.44. The van der Waals surface area contributed by atoms with Crippen molar-refractivity contribution in [3.8, 4) is 17.2 Å². The smallest absolute Gasteiger partial charge is 0.226 e. The number of hydrogen-bond acceptors (Lipinski definition) is 5. The summed E-state index contributed by atoms with van der Waals surface area (Å²) in [6.45, 7) is 2.20. The molecule has 1 amide bonds. The molecule has 0 radical (unpaired) electrons. The molecule has 0 atom stereocenters. The number of aromatic nitrogens is 2. The van der Waals surface area contributed by atoms with Gasteiger partial charge in [0.25, 0.3) is 0 Å². The number of phenolic OH excluding ortho intramolecular Hbond substituents is 1. The molecule has 1 heterocycles. The van der Waals surface area contributed by atoms with Crippen molar-refractivity contribution < 1.29 is 23.8 Å². The van der Waals surface area contributed by atoms with Gasteiger partial charge in [-0.2, -0.15) is 5.10 Å². The van der Waals surface area contributed by atoms with Gasteiger partial charge in [-0.3, -0.25) is 9.89 Å². The van der Waals surface area contributed by atoms with Gasteiger partial charge < -0.3 is 19.9 Å². The predicted octanol–water partition coefficient (Wildman–Crippen LogP) is 3.96. The lowest BCUT2D eigenvalue weighted by molar-refractivity contribution is -0.120. The van der Waals surface area contributed by atoms with E-state index >= 15 is 0 Å². The number of methoxy groups -OCH3 is 2.